The van der Waals surface area contributed by atoms with E-state index < -0.39 is 0 Å². The average Bonchev–Trinajstić information content (AvgIpc) is 2.37. The number of carbonyl (C=O) groups is 1. The molecule has 0 aliphatic rings. The number of nitrogens with zero attached hydrogens (tertiary/aromatic N) is 1. The molecule has 0 fully saturated rings. The summed E-state index contributed by atoms with van der Waals surface area (Å²) in [7, 11) is 1.81. The smallest absolute Gasteiger partial charge is 0.236 e. The van der Waals surface area contributed by atoms with Gasteiger partial charge in [-0.2, -0.15) is 0 Å². The molecule has 112 valence electrons. The number of rotatable bonds is 8. The first-order valence-corrected chi connectivity index (χ1v) is 7.18. The van der Waals surface area contributed by atoms with Gasteiger partial charge in [-0.05, 0) is 50.1 Å². The number of hydrogen-bond donors (Lipinski definition) is 1. The highest BCUT2D eigenvalue weighted by Crippen LogP contribution is 2.15. The van der Waals surface area contributed by atoms with Crippen molar-refractivity contribution in [3.63, 3.8) is 0 Å². The normalized spacial score (nSPS) is 10.4. The lowest BCUT2D eigenvalue weighted by atomic mass is 10.1. The van der Waals surface area contributed by atoms with E-state index in [2.05, 4.69) is 32.2 Å². The van der Waals surface area contributed by atoms with Crippen molar-refractivity contribution >= 4 is 5.91 Å². The molecule has 0 saturated heterocycles. The zero-order valence-corrected chi connectivity index (χ0v) is 13.0. The molecule has 1 N–H and O–H groups in total. The van der Waals surface area contributed by atoms with Crippen LogP contribution < -0.4 is 10.1 Å². The van der Waals surface area contributed by atoms with Crippen LogP contribution in [-0.4, -0.2) is 44.1 Å². The molecule has 1 rings (SSSR count). The van der Waals surface area contributed by atoms with E-state index in [9.17, 15) is 4.79 Å². The van der Waals surface area contributed by atoms with Crippen molar-refractivity contribution in [3.05, 3.63) is 29.3 Å². The fourth-order valence-electron chi connectivity index (χ4n) is 1.95. The number of hydrogen-bond acceptors (Lipinski definition) is 3. The maximum absolute atomic E-state index is 11.8. The highest BCUT2D eigenvalue weighted by atomic mass is 16.5. The minimum Gasteiger partial charge on any atom is -0.492 e. The number of aryl methyl sites for hydroxylation is 2. The van der Waals surface area contributed by atoms with Crippen molar-refractivity contribution < 1.29 is 9.53 Å². The fourth-order valence-corrected chi connectivity index (χ4v) is 1.95. The molecule has 1 aromatic carbocycles. The van der Waals surface area contributed by atoms with E-state index in [4.69, 9.17) is 4.74 Å². The quantitative estimate of drug-likeness (QED) is 0.741. The van der Waals surface area contributed by atoms with Gasteiger partial charge < -0.3 is 15.0 Å². The van der Waals surface area contributed by atoms with E-state index in [0.717, 1.165) is 18.7 Å². The van der Waals surface area contributed by atoms with Crippen LogP contribution in [-0.2, 0) is 4.79 Å². The van der Waals surface area contributed by atoms with E-state index in [-0.39, 0.29) is 5.91 Å². The van der Waals surface area contributed by atoms with Crippen molar-refractivity contribution in [1.29, 1.82) is 0 Å². The van der Waals surface area contributed by atoms with E-state index in [1.54, 1.807) is 11.9 Å². The fraction of sp³-hybridized carbons (Fsp3) is 0.562. The monoisotopic (exact) mass is 278 g/mol. The first-order valence-electron chi connectivity index (χ1n) is 7.18. The summed E-state index contributed by atoms with van der Waals surface area (Å²) in [4.78, 5) is 13.5. The third kappa shape index (κ3) is 6.06. The van der Waals surface area contributed by atoms with E-state index in [1.165, 1.54) is 11.1 Å². The van der Waals surface area contributed by atoms with Crippen LogP contribution in [0.3, 0.4) is 0 Å². The van der Waals surface area contributed by atoms with Crippen LogP contribution in [0.2, 0.25) is 0 Å². The second kappa shape index (κ2) is 8.59. The Morgan fingerprint density at radius 1 is 1.25 bits per heavy atom. The summed E-state index contributed by atoms with van der Waals surface area (Å²) in [5, 5.41) is 3.11. The molecule has 0 unspecified atom stereocenters. The van der Waals surface area contributed by atoms with Crippen LogP contribution in [0.15, 0.2) is 18.2 Å². The summed E-state index contributed by atoms with van der Waals surface area (Å²) < 4.78 is 5.70. The molecule has 1 aromatic rings. The molecule has 0 aliphatic carbocycles. The van der Waals surface area contributed by atoms with Gasteiger partial charge in [0.2, 0.25) is 5.91 Å². The summed E-state index contributed by atoms with van der Waals surface area (Å²) in [6, 6.07) is 6.14. The van der Waals surface area contributed by atoms with Gasteiger partial charge in [0.05, 0.1) is 13.1 Å². The predicted molar refractivity (Wildman–Crippen MR) is 82.2 cm³/mol. The Morgan fingerprint density at radius 3 is 2.50 bits per heavy atom. The minimum absolute atomic E-state index is 0.0995. The van der Waals surface area contributed by atoms with Gasteiger partial charge in [0.25, 0.3) is 0 Å². The lowest BCUT2D eigenvalue weighted by Crippen LogP contribution is -2.37. The lowest BCUT2D eigenvalue weighted by molar-refractivity contribution is -0.129. The van der Waals surface area contributed by atoms with E-state index in [1.807, 2.05) is 12.1 Å². The summed E-state index contributed by atoms with van der Waals surface area (Å²) in [5.41, 5.74) is 2.38. The first kappa shape index (κ1) is 16.5. The Kier molecular flexibility index (Phi) is 7.09. The number of benzene rings is 1. The Hall–Kier alpha value is -1.55. The molecule has 0 aliphatic heterocycles. The molecule has 0 bridgehead atoms. The largest absolute Gasteiger partial charge is 0.492 e. The zero-order chi connectivity index (χ0) is 15.0. The maximum atomic E-state index is 11.8. The Morgan fingerprint density at radius 2 is 1.90 bits per heavy atom. The third-order valence-corrected chi connectivity index (χ3v) is 3.02. The van der Waals surface area contributed by atoms with Crippen molar-refractivity contribution in [1.82, 2.24) is 10.2 Å². The van der Waals surface area contributed by atoms with Crippen molar-refractivity contribution in [2.75, 3.05) is 33.3 Å². The maximum Gasteiger partial charge on any atom is 0.236 e. The van der Waals surface area contributed by atoms with Crippen LogP contribution in [0.1, 0.15) is 24.5 Å². The lowest BCUT2D eigenvalue weighted by Gasteiger charge is -2.18. The van der Waals surface area contributed by atoms with Gasteiger partial charge >= 0.3 is 0 Å². The second-order valence-electron chi connectivity index (χ2n) is 5.16. The summed E-state index contributed by atoms with van der Waals surface area (Å²) in [6.07, 6.45) is 1.03. The predicted octanol–water partition coefficient (Wildman–Crippen LogP) is 2.14. The average molecular weight is 278 g/mol. The van der Waals surface area contributed by atoms with E-state index in [0.29, 0.717) is 19.7 Å². The molecule has 0 spiro atoms. The summed E-state index contributed by atoms with van der Waals surface area (Å²) in [6.45, 7) is 8.56. The second-order valence-corrected chi connectivity index (χ2v) is 5.16. The Bertz CT molecular complexity index is 412. The standard InChI is InChI=1S/C16H26N2O2/c1-5-6-17-12-16(19)18(4)7-8-20-15-10-13(2)9-14(3)11-15/h9-11,17H,5-8,12H2,1-4H3. The molecular weight excluding hydrogens is 252 g/mol. The van der Waals surface area contributed by atoms with Crippen LogP contribution in [0.4, 0.5) is 0 Å². The molecule has 0 saturated carbocycles. The highest BCUT2D eigenvalue weighted by Gasteiger charge is 2.07. The topological polar surface area (TPSA) is 41.6 Å². The van der Waals surface area contributed by atoms with Crippen LogP contribution in [0, 0.1) is 13.8 Å². The molecule has 20 heavy (non-hydrogen) atoms. The van der Waals surface area contributed by atoms with Gasteiger partial charge in [0.15, 0.2) is 0 Å². The number of nitrogens with one attached hydrogen (secondary N) is 1. The molecule has 0 aromatic heterocycles. The number of ether oxygens (including phenoxy) is 1. The van der Waals surface area contributed by atoms with Gasteiger partial charge in [-0.25, -0.2) is 0 Å². The van der Waals surface area contributed by atoms with Crippen molar-refractivity contribution in [3.8, 4) is 5.75 Å². The summed E-state index contributed by atoms with van der Waals surface area (Å²) >= 11 is 0. The number of amides is 1. The molecule has 0 atom stereocenters. The Balaban J connectivity index is 2.30. The Labute approximate surface area is 122 Å². The molecule has 1 amide bonds. The van der Waals surface area contributed by atoms with Gasteiger partial charge in [-0.15, -0.1) is 0 Å². The van der Waals surface area contributed by atoms with Crippen molar-refractivity contribution in [2.45, 2.75) is 27.2 Å². The van der Waals surface area contributed by atoms with Crippen LogP contribution in [0.25, 0.3) is 0 Å². The van der Waals surface area contributed by atoms with Gasteiger partial charge in [-0.3, -0.25) is 4.79 Å². The van der Waals surface area contributed by atoms with E-state index >= 15 is 0 Å². The molecular formula is C16H26N2O2. The van der Waals surface area contributed by atoms with Crippen LogP contribution >= 0.6 is 0 Å². The number of likely N-dealkylation sites (N-methyl/N-ethyl adjacent to an activating group) is 1. The van der Waals surface area contributed by atoms with Gasteiger partial charge in [0.1, 0.15) is 12.4 Å². The molecule has 4 nitrogen and oxygen atoms in total. The summed E-state index contributed by atoms with van der Waals surface area (Å²) in [5.74, 6) is 0.968. The molecule has 0 radical (unpaired) electrons. The van der Waals surface area contributed by atoms with Crippen molar-refractivity contribution in [2.24, 2.45) is 0 Å². The zero-order valence-electron chi connectivity index (χ0n) is 13.0. The minimum atomic E-state index is 0.0995. The highest BCUT2D eigenvalue weighted by molar-refractivity contribution is 5.77. The first-order chi connectivity index (χ1) is 9.52. The number of carbonyl (C=O) groups excluding carboxylic acids is 1. The van der Waals surface area contributed by atoms with Crippen LogP contribution in [0.5, 0.6) is 5.75 Å². The molecule has 4 heteroatoms. The molecule has 0 heterocycles. The van der Waals surface area contributed by atoms with Gasteiger partial charge in [0, 0.05) is 7.05 Å². The third-order valence-electron chi connectivity index (χ3n) is 3.02. The van der Waals surface area contributed by atoms with Gasteiger partial charge in [-0.1, -0.05) is 13.0 Å². The SMILES string of the molecule is CCCNCC(=O)N(C)CCOc1cc(C)cc(C)c1.